The fraction of sp³-hybridized carbons (Fsp3) is 0.800. The second-order valence-corrected chi connectivity index (χ2v) is 6.14. The normalized spacial score (nSPS) is 22.1. The quantitative estimate of drug-likeness (QED) is 0.713. The standard InChI is InChI=1S/C10H19N3SSi/c1-14-7-8-4-2-3-5-10-9(6-8)11-12-13(10)15/h8H,2-7H2,1,15H3. The van der Waals surface area contributed by atoms with Gasteiger partial charge in [0.2, 0.25) is 0 Å². The zero-order valence-electron chi connectivity index (χ0n) is 9.57. The summed E-state index contributed by atoms with van der Waals surface area (Å²) in [6, 6.07) is 0. The highest BCUT2D eigenvalue weighted by molar-refractivity contribution is 7.98. The van der Waals surface area contributed by atoms with Crippen LogP contribution in [0.2, 0.25) is 0 Å². The molecule has 0 aromatic carbocycles. The van der Waals surface area contributed by atoms with Gasteiger partial charge in [-0.1, -0.05) is 11.6 Å². The number of aromatic nitrogens is 3. The Balaban J connectivity index is 2.15. The second-order valence-electron chi connectivity index (χ2n) is 4.38. The molecule has 0 bridgehead atoms. The molecule has 0 spiro atoms. The Morgan fingerprint density at radius 3 is 3.20 bits per heavy atom. The summed E-state index contributed by atoms with van der Waals surface area (Å²) < 4.78 is 2.09. The molecule has 0 amide bonds. The van der Waals surface area contributed by atoms with E-state index in [4.69, 9.17) is 0 Å². The van der Waals surface area contributed by atoms with Crippen LogP contribution in [0.15, 0.2) is 0 Å². The minimum absolute atomic E-state index is 0.817. The molecule has 0 radical (unpaired) electrons. The smallest absolute Gasteiger partial charge is 0.141 e. The Morgan fingerprint density at radius 1 is 1.53 bits per heavy atom. The van der Waals surface area contributed by atoms with Gasteiger partial charge in [-0.2, -0.15) is 11.8 Å². The topological polar surface area (TPSA) is 30.7 Å². The molecule has 1 aromatic heterocycles. The first-order valence-corrected chi connectivity index (χ1v) is 7.96. The van der Waals surface area contributed by atoms with Gasteiger partial charge in [0, 0.05) is 0 Å². The van der Waals surface area contributed by atoms with E-state index < -0.39 is 0 Å². The van der Waals surface area contributed by atoms with Crippen LogP contribution < -0.4 is 0 Å². The molecule has 15 heavy (non-hydrogen) atoms. The molecule has 84 valence electrons. The van der Waals surface area contributed by atoms with Crippen molar-refractivity contribution in [2.75, 3.05) is 12.0 Å². The fourth-order valence-electron chi connectivity index (χ4n) is 2.36. The molecular formula is C10H19N3SSi. The molecule has 1 atom stereocenters. The van der Waals surface area contributed by atoms with Crippen LogP contribution >= 0.6 is 11.8 Å². The van der Waals surface area contributed by atoms with Gasteiger partial charge in [-0.3, -0.25) is 4.35 Å². The summed E-state index contributed by atoms with van der Waals surface area (Å²) in [6.45, 7) is 0. The SMILES string of the molecule is CSCC1CCCCc2c(nnn2[SiH3])C1. The summed E-state index contributed by atoms with van der Waals surface area (Å²) in [5.74, 6) is 2.09. The third-order valence-corrected chi connectivity index (χ3v) is 4.71. The average molecular weight is 241 g/mol. The van der Waals surface area contributed by atoms with Gasteiger partial charge in [-0.05, 0) is 43.6 Å². The molecule has 0 saturated heterocycles. The van der Waals surface area contributed by atoms with Crippen molar-refractivity contribution in [3.63, 3.8) is 0 Å². The van der Waals surface area contributed by atoms with Crippen LogP contribution in [0.5, 0.6) is 0 Å². The zero-order chi connectivity index (χ0) is 10.7. The van der Waals surface area contributed by atoms with E-state index in [0.29, 0.717) is 0 Å². The number of nitrogens with zero attached hydrogens (tertiary/aromatic N) is 3. The maximum Gasteiger partial charge on any atom is 0.141 e. The van der Waals surface area contributed by atoms with Gasteiger partial charge in [-0.25, -0.2) is 0 Å². The first-order valence-electron chi connectivity index (χ1n) is 5.67. The number of rotatable bonds is 2. The van der Waals surface area contributed by atoms with Crippen LogP contribution in [0.3, 0.4) is 0 Å². The van der Waals surface area contributed by atoms with Gasteiger partial charge < -0.3 is 0 Å². The van der Waals surface area contributed by atoms with Crippen LogP contribution in [0.1, 0.15) is 30.7 Å². The maximum atomic E-state index is 4.33. The van der Waals surface area contributed by atoms with Crippen LogP contribution in [0, 0.1) is 5.92 Å². The first kappa shape index (κ1) is 11.2. The highest BCUT2D eigenvalue weighted by Crippen LogP contribution is 2.23. The fourth-order valence-corrected chi connectivity index (χ4v) is 3.69. The molecule has 0 saturated carbocycles. The Hall–Kier alpha value is -0.293. The lowest BCUT2D eigenvalue weighted by atomic mass is 9.93. The highest BCUT2D eigenvalue weighted by atomic mass is 32.2. The second kappa shape index (κ2) is 5.16. The molecule has 0 fully saturated rings. The summed E-state index contributed by atoms with van der Waals surface area (Å²) in [4.78, 5) is 0. The molecule has 1 aliphatic rings. The van der Waals surface area contributed by atoms with Crippen molar-refractivity contribution >= 4 is 22.2 Å². The molecular weight excluding hydrogens is 222 g/mol. The minimum Gasteiger partial charge on any atom is -0.289 e. The number of hydrogen-bond donors (Lipinski definition) is 0. The van der Waals surface area contributed by atoms with Gasteiger partial charge in [0.25, 0.3) is 0 Å². The Bertz CT molecular complexity index is 326. The van der Waals surface area contributed by atoms with Crippen molar-refractivity contribution in [3.05, 3.63) is 11.4 Å². The summed E-state index contributed by atoms with van der Waals surface area (Å²) in [7, 11) is 0.975. The van der Waals surface area contributed by atoms with E-state index in [1.54, 1.807) is 0 Å². The predicted octanol–water partition coefficient (Wildman–Crippen LogP) is 0.655. The van der Waals surface area contributed by atoms with E-state index >= 15 is 0 Å². The van der Waals surface area contributed by atoms with Crippen LogP contribution in [-0.4, -0.2) is 37.1 Å². The lowest BCUT2D eigenvalue weighted by Crippen LogP contribution is -2.13. The first-order chi connectivity index (χ1) is 7.31. The van der Waals surface area contributed by atoms with Crippen LogP contribution in [0.25, 0.3) is 0 Å². The largest absolute Gasteiger partial charge is 0.289 e. The van der Waals surface area contributed by atoms with Crippen molar-refractivity contribution in [1.82, 2.24) is 14.7 Å². The summed E-state index contributed by atoms with van der Waals surface area (Å²) in [5, 5.41) is 8.53. The Morgan fingerprint density at radius 2 is 2.40 bits per heavy atom. The molecule has 1 aliphatic carbocycles. The van der Waals surface area contributed by atoms with Gasteiger partial charge in [-0.15, -0.1) is 5.10 Å². The van der Waals surface area contributed by atoms with E-state index in [1.807, 2.05) is 11.8 Å². The lowest BCUT2D eigenvalue weighted by Gasteiger charge is -2.18. The third-order valence-electron chi connectivity index (χ3n) is 3.18. The van der Waals surface area contributed by atoms with Crippen LogP contribution in [0.4, 0.5) is 0 Å². The average Bonchev–Trinajstić information content (AvgIpc) is 2.50. The zero-order valence-corrected chi connectivity index (χ0v) is 12.4. The van der Waals surface area contributed by atoms with E-state index in [0.717, 1.165) is 22.7 Å². The maximum absolute atomic E-state index is 4.33. The monoisotopic (exact) mass is 241 g/mol. The van der Waals surface area contributed by atoms with Crippen molar-refractivity contribution in [2.24, 2.45) is 5.92 Å². The Labute approximate surface area is 98.5 Å². The van der Waals surface area contributed by atoms with Crippen molar-refractivity contribution in [2.45, 2.75) is 32.1 Å². The summed E-state index contributed by atoms with van der Waals surface area (Å²) in [6.07, 6.45) is 8.60. The van der Waals surface area contributed by atoms with E-state index in [2.05, 4.69) is 20.9 Å². The molecule has 1 aromatic rings. The summed E-state index contributed by atoms with van der Waals surface area (Å²) in [5.41, 5.74) is 2.70. The number of hydrogen-bond acceptors (Lipinski definition) is 3. The molecule has 5 heteroatoms. The highest BCUT2D eigenvalue weighted by Gasteiger charge is 2.18. The molecule has 1 unspecified atom stereocenters. The van der Waals surface area contributed by atoms with Gasteiger partial charge in [0.1, 0.15) is 10.4 Å². The van der Waals surface area contributed by atoms with Crippen molar-refractivity contribution < 1.29 is 0 Å². The lowest BCUT2D eigenvalue weighted by molar-refractivity contribution is 0.481. The van der Waals surface area contributed by atoms with E-state index in [9.17, 15) is 0 Å². The molecule has 2 rings (SSSR count). The molecule has 0 aliphatic heterocycles. The molecule has 0 N–H and O–H groups in total. The van der Waals surface area contributed by atoms with Gasteiger partial charge in [0.15, 0.2) is 0 Å². The van der Waals surface area contributed by atoms with Crippen LogP contribution in [-0.2, 0) is 12.8 Å². The van der Waals surface area contributed by atoms with Crippen molar-refractivity contribution in [3.8, 4) is 0 Å². The third kappa shape index (κ3) is 2.63. The number of thioether (sulfide) groups is 1. The molecule has 1 heterocycles. The van der Waals surface area contributed by atoms with Gasteiger partial charge in [0.05, 0.1) is 11.4 Å². The summed E-state index contributed by atoms with van der Waals surface area (Å²) >= 11 is 1.96. The Kier molecular flexibility index (Phi) is 3.85. The minimum atomic E-state index is 0.817. The van der Waals surface area contributed by atoms with E-state index in [1.165, 1.54) is 42.8 Å². The van der Waals surface area contributed by atoms with Crippen molar-refractivity contribution in [1.29, 1.82) is 0 Å². The van der Waals surface area contributed by atoms with Gasteiger partial charge >= 0.3 is 0 Å². The predicted molar refractivity (Wildman–Crippen MR) is 68.5 cm³/mol. The molecule has 3 nitrogen and oxygen atoms in total. The van der Waals surface area contributed by atoms with E-state index in [-0.39, 0.29) is 0 Å². The number of fused-ring (bicyclic) bond motifs is 1.